The molecule has 0 aliphatic heterocycles. The van der Waals surface area contributed by atoms with E-state index in [-0.39, 0.29) is 11.3 Å². The first-order valence-electron chi connectivity index (χ1n) is 6.07. The van der Waals surface area contributed by atoms with Gasteiger partial charge in [-0.15, -0.1) is 0 Å². The molecule has 2 aromatic rings. The average Bonchev–Trinajstić information content (AvgIpc) is 2.64. The Morgan fingerprint density at radius 3 is 2.47 bits per heavy atom. The van der Waals surface area contributed by atoms with Crippen molar-refractivity contribution in [3.63, 3.8) is 0 Å². The number of aliphatic carboxylic acids is 1. The van der Waals surface area contributed by atoms with E-state index in [2.05, 4.69) is 0 Å². The third kappa shape index (κ3) is 2.31. The lowest BCUT2D eigenvalue weighted by molar-refractivity contribution is -0.304. The van der Waals surface area contributed by atoms with Gasteiger partial charge in [0.2, 0.25) is 0 Å². The number of aromatic carboxylic acids is 1. The van der Waals surface area contributed by atoms with E-state index in [4.69, 9.17) is 0 Å². The molecule has 0 unspecified atom stereocenters. The number of carbonyl (C=O) groups is 2. The summed E-state index contributed by atoms with van der Waals surface area (Å²) in [7, 11) is 0. The average molecular weight is 259 g/mol. The van der Waals surface area contributed by atoms with Gasteiger partial charge in [-0.1, -0.05) is 25.1 Å². The Balaban J connectivity index is 2.78. The largest absolute Gasteiger partial charge is 0.550 e. The Morgan fingerprint density at radius 1 is 1.21 bits per heavy atom. The van der Waals surface area contributed by atoms with Gasteiger partial charge in [0.15, 0.2) is 0 Å². The molecular formula is C14H13NO4-2. The first-order chi connectivity index (χ1) is 9.06. The minimum Gasteiger partial charge on any atom is -0.550 e. The molecule has 2 rings (SSSR count). The zero-order chi connectivity index (χ0) is 14.0. The van der Waals surface area contributed by atoms with E-state index in [1.807, 2.05) is 6.92 Å². The number of para-hydroxylation sites is 1. The molecule has 0 saturated heterocycles. The second kappa shape index (κ2) is 5.14. The molecule has 100 valence electrons. The number of fused-ring (bicyclic) bond motifs is 1. The Kier molecular flexibility index (Phi) is 3.55. The molecule has 0 aliphatic rings. The fourth-order valence-electron chi connectivity index (χ4n) is 2.39. The van der Waals surface area contributed by atoms with Crippen molar-refractivity contribution >= 4 is 22.8 Å². The van der Waals surface area contributed by atoms with Gasteiger partial charge in [0.1, 0.15) is 0 Å². The van der Waals surface area contributed by atoms with E-state index < -0.39 is 18.4 Å². The highest BCUT2D eigenvalue weighted by Crippen LogP contribution is 2.26. The molecule has 5 nitrogen and oxygen atoms in total. The molecule has 0 bridgehead atoms. The number of nitrogens with zero attached hydrogens (tertiary/aromatic N) is 1. The van der Waals surface area contributed by atoms with Crippen molar-refractivity contribution in [2.75, 3.05) is 0 Å². The Bertz CT molecular complexity index is 642. The van der Waals surface area contributed by atoms with Crippen LogP contribution in [0.15, 0.2) is 24.3 Å². The number of carboxylic acids is 2. The Morgan fingerprint density at radius 2 is 1.89 bits per heavy atom. The molecule has 0 N–H and O–H groups in total. The lowest BCUT2D eigenvalue weighted by Gasteiger charge is -2.12. The maximum Gasteiger partial charge on any atom is 0.0883 e. The fraction of sp³-hybridized carbons (Fsp3) is 0.286. The van der Waals surface area contributed by atoms with Gasteiger partial charge in [-0.3, -0.25) is 0 Å². The number of aromatic nitrogens is 1. The van der Waals surface area contributed by atoms with E-state index in [9.17, 15) is 19.8 Å². The van der Waals surface area contributed by atoms with Crippen LogP contribution in [-0.2, 0) is 17.8 Å². The lowest BCUT2D eigenvalue weighted by Crippen LogP contribution is -2.30. The second-order valence-corrected chi connectivity index (χ2v) is 4.33. The monoisotopic (exact) mass is 259 g/mol. The SMILES string of the molecule is CCCn1c(C(=O)[O-])c(CC(=O)[O-])c2ccccc21. The maximum absolute atomic E-state index is 11.3. The maximum atomic E-state index is 11.3. The highest BCUT2D eigenvalue weighted by molar-refractivity contribution is 5.99. The van der Waals surface area contributed by atoms with Crippen molar-refractivity contribution in [1.29, 1.82) is 0 Å². The van der Waals surface area contributed by atoms with Gasteiger partial charge in [0, 0.05) is 29.8 Å². The number of hydrogen-bond acceptors (Lipinski definition) is 4. The van der Waals surface area contributed by atoms with Gasteiger partial charge >= 0.3 is 0 Å². The predicted octanol–water partition coefficient (Wildman–Crippen LogP) is -0.293. The van der Waals surface area contributed by atoms with Crippen LogP contribution in [0.5, 0.6) is 0 Å². The van der Waals surface area contributed by atoms with Gasteiger partial charge in [0.05, 0.1) is 11.7 Å². The number of aryl methyl sites for hydroxylation is 1. The first kappa shape index (κ1) is 13.1. The summed E-state index contributed by atoms with van der Waals surface area (Å²) in [6.45, 7) is 2.42. The first-order valence-corrected chi connectivity index (χ1v) is 6.07. The zero-order valence-corrected chi connectivity index (χ0v) is 10.5. The normalized spacial score (nSPS) is 10.8. The van der Waals surface area contributed by atoms with Crippen LogP contribution in [-0.4, -0.2) is 16.5 Å². The van der Waals surface area contributed by atoms with Gasteiger partial charge < -0.3 is 24.4 Å². The summed E-state index contributed by atoms with van der Waals surface area (Å²) in [5, 5.41) is 22.8. The van der Waals surface area contributed by atoms with Crippen molar-refractivity contribution < 1.29 is 19.8 Å². The minimum atomic E-state index is -1.36. The molecule has 19 heavy (non-hydrogen) atoms. The number of carboxylic acid groups (broad SMARTS) is 2. The summed E-state index contributed by atoms with van der Waals surface area (Å²) in [6, 6.07) is 7.02. The molecule has 1 heterocycles. The molecule has 1 aromatic carbocycles. The van der Waals surface area contributed by atoms with Crippen molar-refractivity contribution in [2.24, 2.45) is 0 Å². The molecule has 0 fully saturated rings. The quantitative estimate of drug-likeness (QED) is 0.738. The Hall–Kier alpha value is -2.30. The molecule has 0 radical (unpaired) electrons. The van der Waals surface area contributed by atoms with Crippen LogP contribution in [0.4, 0.5) is 0 Å². The van der Waals surface area contributed by atoms with Crippen LogP contribution >= 0.6 is 0 Å². The molecular weight excluding hydrogens is 246 g/mol. The van der Waals surface area contributed by atoms with Crippen LogP contribution in [0.2, 0.25) is 0 Å². The summed E-state index contributed by atoms with van der Waals surface area (Å²) in [6.07, 6.45) is 0.310. The van der Waals surface area contributed by atoms with Crippen LogP contribution in [0.1, 0.15) is 29.4 Å². The highest BCUT2D eigenvalue weighted by Gasteiger charge is 2.17. The van der Waals surface area contributed by atoms with Crippen LogP contribution < -0.4 is 10.2 Å². The molecule has 0 aliphatic carbocycles. The van der Waals surface area contributed by atoms with Crippen LogP contribution in [0.25, 0.3) is 10.9 Å². The fourth-order valence-corrected chi connectivity index (χ4v) is 2.39. The van der Waals surface area contributed by atoms with Crippen LogP contribution in [0.3, 0.4) is 0 Å². The minimum absolute atomic E-state index is 0.0627. The van der Waals surface area contributed by atoms with E-state index in [0.29, 0.717) is 17.4 Å². The molecule has 0 atom stereocenters. The van der Waals surface area contributed by atoms with Crippen molar-refractivity contribution in [3.8, 4) is 0 Å². The van der Waals surface area contributed by atoms with Gasteiger partial charge in [-0.05, 0) is 18.1 Å². The molecule has 0 saturated carbocycles. The standard InChI is InChI=1S/C14H15NO4/c1-2-7-15-11-6-4-3-5-9(11)10(8-12(16)17)13(15)14(18)19/h3-6H,2,7-8H2,1H3,(H,16,17)(H,18,19)/p-2. The lowest BCUT2D eigenvalue weighted by atomic mass is 10.1. The second-order valence-electron chi connectivity index (χ2n) is 4.33. The van der Waals surface area contributed by atoms with E-state index in [0.717, 1.165) is 6.42 Å². The number of carbonyl (C=O) groups excluding carboxylic acids is 2. The van der Waals surface area contributed by atoms with Crippen molar-refractivity contribution in [3.05, 3.63) is 35.5 Å². The third-order valence-electron chi connectivity index (χ3n) is 3.04. The molecule has 0 spiro atoms. The third-order valence-corrected chi connectivity index (χ3v) is 3.04. The van der Waals surface area contributed by atoms with E-state index in [1.54, 1.807) is 28.8 Å². The van der Waals surface area contributed by atoms with Crippen molar-refractivity contribution in [1.82, 2.24) is 4.57 Å². The highest BCUT2D eigenvalue weighted by atomic mass is 16.4. The van der Waals surface area contributed by atoms with E-state index >= 15 is 0 Å². The Labute approximate surface area is 110 Å². The van der Waals surface area contributed by atoms with Crippen molar-refractivity contribution in [2.45, 2.75) is 26.3 Å². The topological polar surface area (TPSA) is 85.2 Å². The molecule has 1 aromatic heterocycles. The molecule has 0 amide bonds. The van der Waals surface area contributed by atoms with E-state index in [1.165, 1.54) is 0 Å². The van der Waals surface area contributed by atoms with Gasteiger partial charge in [-0.2, -0.15) is 0 Å². The van der Waals surface area contributed by atoms with Crippen LogP contribution in [0, 0.1) is 0 Å². The predicted molar refractivity (Wildman–Crippen MR) is 65.3 cm³/mol. The number of rotatable bonds is 5. The van der Waals surface area contributed by atoms with Gasteiger partial charge in [-0.25, -0.2) is 0 Å². The summed E-state index contributed by atoms with van der Waals surface area (Å²) in [5.41, 5.74) is 0.899. The summed E-state index contributed by atoms with van der Waals surface area (Å²) >= 11 is 0. The summed E-state index contributed by atoms with van der Waals surface area (Å²) < 4.78 is 1.60. The summed E-state index contributed by atoms with van der Waals surface area (Å²) in [5.74, 6) is -2.66. The molecule has 5 heteroatoms. The van der Waals surface area contributed by atoms with Gasteiger partial charge in [0.25, 0.3) is 0 Å². The zero-order valence-electron chi connectivity index (χ0n) is 10.5. The summed E-state index contributed by atoms with van der Waals surface area (Å²) in [4.78, 5) is 22.1. The number of benzene rings is 1. The number of hydrogen-bond donors (Lipinski definition) is 0. The smallest absolute Gasteiger partial charge is 0.0883 e.